The molecule has 2 aromatic carbocycles. The Kier molecular flexibility index (Phi) is 4.18. The molecule has 0 spiro atoms. The highest BCUT2D eigenvalue weighted by Gasteiger charge is 2.17. The fourth-order valence-electron chi connectivity index (χ4n) is 1.66. The maximum Gasteiger partial charge on any atom is 0.142 e. The first-order chi connectivity index (χ1) is 8.90. The van der Waals surface area contributed by atoms with E-state index in [1.54, 1.807) is 0 Å². The number of hydrogen-bond acceptors (Lipinski definition) is 1. The minimum absolute atomic E-state index is 0.0413. The summed E-state index contributed by atoms with van der Waals surface area (Å²) in [6, 6.07) is 4.93. The summed E-state index contributed by atoms with van der Waals surface area (Å²) in [6.45, 7) is 0. The van der Waals surface area contributed by atoms with E-state index < -0.39 is 23.5 Å². The molecule has 2 rings (SSSR count). The second kappa shape index (κ2) is 5.53. The van der Waals surface area contributed by atoms with Crippen molar-refractivity contribution < 1.29 is 13.2 Å². The summed E-state index contributed by atoms with van der Waals surface area (Å²) in [7, 11) is 0. The molecule has 19 heavy (non-hydrogen) atoms. The Morgan fingerprint density at radius 1 is 1.00 bits per heavy atom. The van der Waals surface area contributed by atoms with Gasteiger partial charge in [0.15, 0.2) is 0 Å². The third kappa shape index (κ3) is 2.94. The maximum absolute atomic E-state index is 13.7. The molecular weight excluding hydrogens is 343 g/mol. The molecule has 2 N–H and O–H groups in total. The van der Waals surface area contributed by atoms with Crippen molar-refractivity contribution >= 4 is 27.5 Å². The molecule has 0 saturated carbocycles. The van der Waals surface area contributed by atoms with Crippen LogP contribution < -0.4 is 5.73 Å². The Labute approximate surface area is 121 Å². The molecule has 6 heteroatoms. The van der Waals surface area contributed by atoms with E-state index in [1.165, 1.54) is 18.2 Å². The molecule has 0 radical (unpaired) electrons. The SMILES string of the molecule is NC(c1ccc(F)c(Br)c1)c1cc(F)c(Cl)cc1F. The van der Waals surface area contributed by atoms with Crippen molar-refractivity contribution in [3.05, 3.63) is 68.4 Å². The quantitative estimate of drug-likeness (QED) is 0.789. The molecule has 0 saturated heterocycles. The fraction of sp³-hybridized carbons (Fsp3) is 0.0769. The third-order valence-electron chi connectivity index (χ3n) is 2.68. The van der Waals surface area contributed by atoms with Gasteiger partial charge in [-0.2, -0.15) is 0 Å². The van der Waals surface area contributed by atoms with Crippen LogP contribution in [0.1, 0.15) is 17.2 Å². The van der Waals surface area contributed by atoms with E-state index in [0.29, 0.717) is 5.56 Å². The zero-order valence-corrected chi connectivity index (χ0v) is 11.8. The third-order valence-corrected chi connectivity index (χ3v) is 3.57. The Hall–Kier alpha value is -1.04. The maximum atomic E-state index is 13.7. The number of hydrogen-bond donors (Lipinski definition) is 1. The van der Waals surface area contributed by atoms with Crippen molar-refractivity contribution in [1.82, 2.24) is 0 Å². The van der Waals surface area contributed by atoms with Crippen LogP contribution in [0.4, 0.5) is 13.2 Å². The number of nitrogens with two attached hydrogens (primary N) is 1. The van der Waals surface area contributed by atoms with Gasteiger partial charge in [0, 0.05) is 5.56 Å². The first-order valence-corrected chi connectivity index (χ1v) is 6.42. The highest BCUT2D eigenvalue weighted by molar-refractivity contribution is 9.10. The van der Waals surface area contributed by atoms with Crippen molar-refractivity contribution in [2.45, 2.75) is 6.04 Å². The molecule has 0 aliphatic carbocycles. The molecule has 1 atom stereocenters. The number of rotatable bonds is 2. The van der Waals surface area contributed by atoms with E-state index in [2.05, 4.69) is 15.9 Å². The predicted octanol–water partition coefficient (Wildman–Crippen LogP) is 4.57. The van der Waals surface area contributed by atoms with Crippen LogP contribution in [0.5, 0.6) is 0 Å². The van der Waals surface area contributed by atoms with Crippen LogP contribution in [0.25, 0.3) is 0 Å². The Bertz CT molecular complexity index is 634. The Balaban J connectivity index is 2.46. The Morgan fingerprint density at radius 2 is 1.68 bits per heavy atom. The summed E-state index contributed by atoms with van der Waals surface area (Å²) >= 11 is 8.48. The summed E-state index contributed by atoms with van der Waals surface area (Å²) in [6.07, 6.45) is 0. The smallest absolute Gasteiger partial charge is 0.142 e. The van der Waals surface area contributed by atoms with Crippen LogP contribution >= 0.6 is 27.5 Å². The van der Waals surface area contributed by atoms with Crippen LogP contribution in [-0.4, -0.2) is 0 Å². The normalized spacial score (nSPS) is 12.5. The van der Waals surface area contributed by atoms with Crippen molar-refractivity contribution in [3.8, 4) is 0 Å². The highest BCUT2D eigenvalue weighted by Crippen LogP contribution is 2.28. The number of benzene rings is 2. The van der Waals surface area contributed by atoms with Crippen LogP contribution in [0, 0.1) is 17.5 Å². The Morgan fingerprint density at radius 3 is 2.32 bits per heavy atom. The van der Waals surface area contributed by atoms with Gasteiger partial charge in [-0.1, -0.05) is 17.7 Å². The van der Waals surface area contributed by atoms with Gasteiger partial charge in [0.2, 0.25) is 0 Å². The summed E-state index contributed by atoms with van der Waals surface area (Å²) in [5.74, 6) is -1.92. The summed E-state index contributed by atoms with van der Waals surface area (Å²) in [5.41, 5.74) is 6.27. The highest BCUT2D eigenvalue weighted by atomic mass is 79.9. The second-order valence-electron chi connectivity index (χ2n) is 3.94. The molecule has 0 bridgehead atoms. The van der Waals surface area contributed by atoms with Gasteiger partial charge in [-0.3, -0.25) is 0 Å². The van der Waals surface area contributed by atoms with Crippen molar-refractivity contribution in [1.29, 1.82) is 0 Å². The molecule has 1 nitrogen and oxygen atoms in total. The number of halogens is 5. The lowest BCUT2D eigenvalue weighted by Crippen LogP contribution is -2.14. The van der Waals surface area contributed by atoms with Gasteiger partial charge in [-0.05, 0) is 45.8 Å². The molecule has 0 amide bonds. The molecule has 2 aromatic rings. The second-order valence-corrected chi connectivity index (χ2v) is 5.20. The van der Waals surface area contributed by atoms with E-state index in [4.69, 9.17) is 17.3 Å². The average Bonchev–Trinajstić information content (AvgIpc) is 2.36. The molecule has 0 aliphatic rings. The minimum Gasteiger partial charge on any atom is -0.320 e. The monoisotopic (exact) mass is 349 g/mol. The van der Waals surface area contributed by atoms with Crippen molar-refractivity contribution in [2.75, 3.05) is 0 Å². The molecule has 0 heterocycles. The molecule has 100 valence electrons. The molecule has 1 unspecified atom stereocenters. The summed E-state index contributed by atoms with van der Waals surface area (Å²) in [4.78, 5) is 0. The fourth-order valence-corrected chi connectivity index (χ4v) is 2.21. The van der Waals surface area contributed by atoms with Crippen LogP contribution in [0.2, 0.25) is 5.02 Å². The van der Waals surface area contributed by atoms with Gasteiger partial charge in [-0.25, -0.2) is 13.2 Å². The van der Waals surface area contributed by atoms with Crippen molar-refractivity contribution in [2.24, 2.45) is 5.73 Å². The van der Waals surface area contributed by atoms with E-state index in [-0.39, 0.29) is 15.1 Å². The van der Waals surface area contributed by atoms with Gasteiger partial charge >= 0.3 is 0 Å². The zero-order valence-electron chi connectivity index (χ0n) is 9.43. The van der Waals surface area contributed by atoms with Gasteiger partial charge in [-0.15, -0.1) is 0 Å². The summed E-state index contributed by atoms with van der Waals surface area (Å²) < 4.78 is 40.4. The topological polar surface area (TPSA) is 26.0 Å². The van der Waals surface area contributed by atoms with Crippen LogP contribution in [0.15, 0.2) is 34.8 Å². The molecule has 0 fully saturated rings. The van der Waals surface area contributed by atoms with Crippen molar-refractivity contribution in [3.63, 3.8) is 0 Å². The lowest BCUT2D eigenvalue weighted by Gasteiger charge is -2.14. The predicted molar refractivity (Wildman–Crippen MR) is 71.5 cm³/mol. The van der Waals surface area contributed by atoms with E-state index in [0.717, 1.165) is 12.1 Å². The molecule has 0 aliphatic heterocycles. The van der Waals surface area contributed by atoms with E-state index >= 15 is 0 Å². The van der Waals surface area contributed by atoms with Gasteiger partial charge in [0.1, 0.15) is 17.5 Å². The van der Waals surface area contributed by atoms with Crippen LogP contribution in [-0.2, 0) is 0 Å². The first-order valence-electron chi connectivity index (χ1n) is 5.25. The zero-order chi connectivity index (χ0) is 14.2. The largest absolute Gasteiger partial charge is 0.320 e. The van der Waals surface area contributed by atoms with E-state index in [9.17, 15) is 13.2 Å². The van der Waals surface area contributed by atoms with Gasteiger partial charge < -0.3 is 5.73 Å². The van der Waals surface area contributed by atoms with Gasteiger partial charge in [0.05, 0.1) is 15.5 Å². The lowest BCUT2D eigenvalue weighted by molar-refractivity contribution is 0.576. The lowest BCUT2D eigenvalue weighted by atomic mass is 9.99. The summed E-state index contributed by atoms with van der Waals surface area (Å²) in [5, 5.41) is -0.311. The van der Waals surface area contributed by atoms with Crippen LogP contribution in [0.3, 0.4) is 0 Å². The standard InChI is InChI=1S/C13H8BrClF3N/c14-8-3-6(1-2-10(8)16)13(19)7-4-12(18)9(15)5-11(7)17/h1-5,13H,19H2. The van der Waals surface area contributed by atoms with E-state index in [1.807, 2.05) is 0 Å². The first kappa shape index (κ1) is 14.4. The average molecular weight is 351 g/mol. The molecular formula is C13H8BrClF3N. The minimum atomic E-state index is -0.913. The van der Waals surface area contributed by atoms with Gasteiger partial charge in [0.25, 0.3) is 0 Å². The molecule has 0 aromatic heterocycles.